The molecular formula is C35H47N7O3. The number of nitrogens with zero attached hydrogens (tertiary/aromatic N) is 5. The van der Waals surface area contributed by atoms with E-state index < -0.39 is 18.0 Å². The number of rotatable bonds is 8. The minimum Gasteiger partial charge on any atom is -0.350 e. The van der Waals surface area contributed by atoms with Crippen LogP contribution in [0, 0.1) is 18.8 Å². The number of likely N-dealkylation sites (tertiary alicyclic amines) is 2. The Balaban J connectivity index is 1.19. The van der Waals surface area contributed by atoms with Crippen molar-refractivity contribution in [1.29, 1.82) is 0 Å². The van der Waals surface area contributed by atoms with Crippen LogP contribution in [0.4, 0.5) is 0 Å². The molecule has 5 atom stereocenters. The normalized spacial score (nSPS) is 25.3. The van der Waals surface area contributed by atoms with E-state index in [1.54, 1.807) is 4.90 Å². The number of benzene rings is 2. The van der Waals surface area contributed by atoms with Gasteiger partial charge in [0.2, 0.25) is 17.7 Å². The van der Waals surface area contributed by atoms with Gasteiger partial charge in [0, 0.05) is 44.7 Å². The van der Waals surface area contributed by atoms with Gasteiger partial charge in [0.15, 0.2) is 0 Å². The zero-order valence-electron chi connectivity index (χ0n) is 27.0. The fourth-order valence-electron chi connectivity index (χ4n) is 7.44. The monoisotopic (exact) mass is 613 g/mol. The maximum Gasteiger partial charge on any atom is 0.243 e. The molecule has 2 N–H and O–H groups in total. The molecule has 0 unspecified atom stereocenters. The zero-order valence-corrected chi connectivity index (χ0v) is 27.0. The lowest BCUT2D eigenvalue weighted by Crippen LogP contribution is -2.59. The SMILES string of the molecule is Cc1ccc(C[C@@H]2C[C@@H](C(=O)NCc3ccc4c(cnn4C)c3)N(C(=O)[C@@H]3NCCC[C@@H]3C(=O)N3CC[C@H](N(C)C)C3)C2)cc1. The third-order valence-corrected chi connectivity index (χ3v) is 10.1. The molecule has 45 heavy (non-hydrogen) atoms. The lowest BCUT2D eigenvalue weighted by molar-refractivity contribution is -0.147. The lowest BCUT2D eigenvalue weighted by atomic mass is 9.88. The topological polar surface area (TPSA) is 103 Å². The van der Waals surface area contributed by atoms with Crippen LogP contribution < -0.4 is 10.6 Å². The summed E-state index contributed by atoms with van der Waals surface area (Å²) in [7, 11) is 6.01. The Morgan fingerprint density at radius 3 is 2.56 bits per heavy atom. The van der Waals surface area contributed by atoms with E-state index in [2.05, 4.69) is 65.9 Å². The molecule has 0 saturated carbocycles. The van der Waals surface area contributed by atoms with Crippen LogP contribution in [0.1, 0.15) is 42.4 Å². The molecule has 3 aromatic rings. The number of aromatic nitrogens is 2. The Labute approximate surface area is 266 Å². The Hall–Kier alpha value is -3.76. The number of piperidine rings is 1. The van der Waals surface area contributed by atoms with Gasteiger partial charge >= 0.3 is 0 Å². The molecule has 3 amide bonds. The standard InChI is InChI=1S/C35H47N7O3/c1-23-7-9-24(10-8-23)16-26-18-31(33(43)37-19-25-11-12-30-27(17-25)20-38-40(30)4)42(21-26)35(45)32-29(6-5-14-36-32)34(44)41-15-13-28(22-41)39(2)3/h7-12,17,20,26,28-29,31-32,36H,5-6,13-16,18-19,21-22H2,1-4H3,(H,37,43)/t26-,28+,29+,31+,32-/m1/s1. The summed E-state index contributed by atoms with van der Waals surface area (Å²) < 4.78 is 1.83. The highest BCUT2D eigenvalue weighted by Crippen LogP contribution is 2.31. The van der Waals surface area contributed by atoms with E-state index in [0.717, 1.165) is 42.3 Å². The van der Waals surface area contributed by atoms with Crippen molar-refractivity contribution in [1.82, 2.24) is 35.1 Å². The molecule has 3 aliphatic rings. The van der Waals surface area contributed by atoms with Crippen molar-refractivity contribution in [2.45, 2.75) is 63.7 Å². The largest absolute Gasteiger partial charge is 0.350 e. The van der Waals surface area contributed by atoms with Crippen LogP contribution in [0.25, 0.3) is 10.9 Å². The van der Waals surface area contributed by atoms with Crippen molar-refractivity contribution in [3.63, 3.8) is 0 Å². The van der Waals surface area contributed by atoms with Crippen LogP contribution in [0.15, 0.2) is 48.7 Å². The Bertz CT molecular complexity index is 1530. The maximum atomic E-state index is 14.4. The van der Waals surface area contributed by atoms with Gasteiger partial charge in [0.05, 0.1) is 23.7 Å². The molecule has 3 aliphatic heterocycles. The molecular weight excluding hydrogens is 566 g/mol. The molecule has 2 aromatic carbocycles. The third-order valence-electron chi connectivity index (χ3n) is 10.1. The van der Waals surface area contributed by atoms with Gasteiger partial charge in [0.1, 0.15) is 6.04 Å². The number of amides is 3. The molecule has 6 rings (SSSR count). The summed E-state index contributed by atoms with van der Waals surface area (Å²) in [5.41, 5.74) is 4.43. The second-order valence-corrected chi connectivity index (χ2v) is 13.5. The van der Waals surface area contributed by atoms with Crippen molar-refractivity contribution < 1.29 is 14.4 Å². The van der Waals surface area contributed by atoms with E-state index >= 15 is 0 Å². The van der Waals surface area contributed by atoms with E-state index in [1.807, 2.05) is 41.0 Å². The first-order valence-electron chi connectivity index (χ1n) is 16.4. The number of nitrogens with one attached hydrogen (secondary N) is 2. The van der Waals surface area contributed by atoms with Gasteiger partial charge in [-0.1, -0.05) is 35.9 Å². The van der Waals surface area contributed by atoms with Crippen LogP contribution in [-0.2, 0) is 34.4 Å². The van der Waals surface area contributed by atoms with Gasteiger partial charge in [0.25, 0.3) is 0 Å². The van der Waals surface area contributed by atoms with E-state index in [9.17, 15) is 14.4 Å². The van der Waals surface area contributed by atoms with Crippen molar-refractivity contribution >= 4 is 28.6 Å². The smallest absolute Gasteiger partial charge is 0.243 e. The van der Waals surface area contributed by atoms with Crippen molar-refractivity contribution in [3.05, 3.63) is 65.4 Å². The number of hydrogen-bond donors (Lipinski definition) is 2. The van der Waals surface area contributed by atoms with E-state index in [0.29, 0.717) is 45.1 Å². The van der Waals surface area contributed by atoms with Gasteiger partial charge in [-0.25, -0.2) is 0 Å². The minimum atomic E-state index is -0.619. The summed E-state index contributed by atoms with van der Waals surface area (Å²) in [5, 5.41) is 11.9. The zero-order chi connectivity index (χ0) is 31.7. The first kappa shape index (κ1) is 31.2. The highest BCUT2D eigenvalue weighted by molar-refractivity contribution is 5.94. The molecule has 0 aliphatic carbocycles. The second kappa shape index (κ2) is 13.3. The van der Waals surface area contributed by atoms with E-state index in [1.165, 1.54) is 11.1 Å². The Kier molecular flexibility index (Phi) is 9.23. The van der Waals surface area contributed by atoms with Crippen LogP contribution in [0.3, 0.4) is 0 Å². The molecule has 10 nitrogen and oxygen atoms in total. The number of likely N-dealkylation sites (N-methyl/N-ethyl adjacent to an activating group) is 1. The quantitative estimate of drug-likeness (QED) is 0.405. The fraction of sp³-hybridized carbons (Fsp3) is 0.543. The van der Waals surface area contributed by atoms with Gasteiger partial charge in [-0.2, -0.15) is 5.10 Å². The van der Waals surface area contributed by atoms with Crippen molar-refractivity contribution in [2.24, 2.45) is 18.9 Å². The number of carbonyl (C=O) groups is 3. The van der Waals surface area contributed by atoms with E-state index in [4.69, 9.17) is 0 Å². The van der Waals surface area contributed by atoms with E-state index in [-0.39, 0.29) is 23.6 Å². The average molecular weight is 614 g/mol. The van der Waals surface area contributed by atoms with Crippen LogP contribution in [0.5, 0.6) is 0 Å². The highest BCUT2D eigenvalue weighted by Gasteiger charge is 2.46. The molecule has 10 heteroatoms. The molecule has 3 fully saturated rings. The summed E-state index contributed by atoms with van der Waals surface area (Å²) in [6, 6.07) is 13.7. The highest BCUT2D eigenvalue weighted by atomic mass is 16.2. The van der Waals surface area contributed by atoms with Gasteiger partial charge < -0.3 is 25.3 Å². The predicted octanol–water partition coefficient (Wildman–Crippen LogP) is 2.49. The first-order chi connectivity index (χ1) is 21.7. The third kappa shape index (κ3) is 6.77. The summed E-state index contributed by atoms with van der Waals surface area (Å²) in [6.45, 7) is 5.05. The van der Waals surface area contributed by atoms with Gasteiger partial charge in [-0.3, -0.25) is 19.1 Å². The molecule has 3 saturated heterocycles. The van der Waals surface area contributed by atoms with Crippen LogP contribution in [-0.4, -0.2) is 101 Å². The van der Waals surface area contributed by atoms with Crippen LogP contribution >= 0.6 is 0 Å². The number of hydrogen-bond acceptors (Lipinski definition) is 6. The predicted molar refractivity (Wildman–Crippen MR) is 174 cm³/mol. The first-order valence-corrected chi connectivity index (χ1v) is 16.4. The number of fused-ring (bicyclic) bond motifs is 1. The van der Waals surface area contributed by atoms with Gasteiger partial charge in [-0.15, -0.1) is 0 Å². The Morgan fingerprint density at radius 2 is 1.80 bits per heavy atom. The minimum absolute atomic E-state index is 0.0621. The molecule has 240 valence electrons. The Morgan fingerprint density at radius 1 is 1.02 bits per heavy atom. The maximum absolute atomic E-state index is 14.4. The average Bonchev–Trinajstić information content (AvgIpc) is 3.79. The lowest BCUT2D eigenvalue weighted by Gasteiger charge is -2.37. The molecule has 1 aromatic heterocycles. The molecule has 4 heterocycles. The second-order valence-electron chi connectivity index (χ2n) is 13.5. The molecule has 0 bridgehead atoms. The molecule has 0 radical (unpaired) electrons. The molecule has 0 spiro atoms. The summed E-state index contributed by atoms with van der Waals surface area (Å²) in [4.78, 5) is 47.9. The summed E-state index contributed by atoms with van der Waals surface area (Å²) in [5.74, 6) is -0.477. The van der Waals surface area contributed by atoms with Gasteiger partial charge in [-0.05, 0) is 88.8 Å². The fourth-order valence-corrected chi connectivity index (χ4v) is 7.44. The van der Waals surface area contributed by atoms with Crippen molar-refractivity contribution in [2.75, 3.05) is 40.3 Å². The van der Waals surface area contributed by atoms with Crippen LogP contribution in [0.2, 0.25) is 0 Å². The van der Waals surface area contributed by atoms with Crippen molar-refractivity contribution in [3.8, 4) is 0 Å². The summed E-state index contributed by atoms with van der Waals surface area (Å²) >= 11 is 0. The summed E-state index contributed by atoms with van der Waals surface area (Å²) in [6.07, 6.45) is 5.69. The number of aryl methyl sites for hydroxylation is 2. The number of carbonyl (C=O) groups excluding carboxylic acids is 3.